The number of amides is 1. The van der Waals surface area contributed by atoms with Crippen molar-refractivity contribution >= 4 is 23.3 Å². The first-order valence-electron chi connectivity index (χ1n) is 5.11. The third-order valence-corrected chi connectivity index (χ3v) is 2.43. The summed E-state index contributed by atoms with van der Waals surface area (Å²) in [5.74, 6) is 0.953. The van der Waals surface area contributed by atoms with Crippen molar-refractivity contribution in [2.75, 3.05) is 5.32 Å². The Bertz CT molecular complexity index is 520. The van der Waals surface area contributed by atoms with Gasteiger partial charge in [-0.1, -0.05) is 28.9 Å². The number of rotatable bonds is 3. The van der Waals surface area contributed by atoms with Gasteiger partial charge in [-0.15, -0.1) is 0 Å². The third kappa shape index (κ3) is 3.32. The molecule has 0 atom stereocenters. The van der Waals surface area contributed by atoms with Crippen LogP contribution in [0.1, 0.15) is 11.3 Å². The van der Waals surface area contributed by atoms with Crippen LogP contribution in [0, 0.1) is 6.92 Å². The van der Waals surface area contributed by atoms with E-state index in [1.807, 2.05) is 12.1 Å². The molecule has 17 heavy (non-hydrogen) atoms. The highest BCUT2D eigenvalue weighted by atomic mass is 35.5. The molecule has 1 N–H and O–H groups in total. The van der Waals surface area contributed by atoms with Crippen LogP contribution in [0.5, 0.6) is 0 Å². The molecule has 0 bridgehead atoms. The Morgan fingerprint density at radius 3 is 2.71 bits per heavy atom. The number of hydrogen-bond donors (Lipinski definition) is 1. The number of halogens is 1. The largest absolute Gasteiger partial charge is 0.360 e. The van der Waals surface area contributed by atoms with Crippen LogP contribution in [0.3, 0.4) is 0 Å². The lowest BCUT2D eigenvalue weighted by molar-refractivity contribution is -0.115. The second-order valence-corrected chi connectivity index (χ2v) is 4.11. The molecule has 1 amide bonds. The third-order valence-electron chi connectivity index (χ3n) is 2.17. The van der Waals surface area contributed by atoms with Gasteiger partial charge in [-0.25, -0.2) is 0 Å². The quantitative estimate of drug-likeness (QED) is 0.911. The van der Waals surface area contributed by atoms with Gasteiger partial charge in [-0.3, -0.25) is 4.79 Å². The van der Waals surface area contributed by atoms with Crippen molar-refractivity contribution in [3.05, 3.63) is 46.7 Å². The van der Waals surface area contributed by atoms with Crippen molar-refractivity contribution in [2.45, 2.75) is 13.3 Å². The van der Waals surface area contributed by atoms with Crippen molar-refractivity contribution in [2.24, 2.45) is 0 Å². The number of nitrogens with one attached hydrogen (secondary N) is 1. The highest BCUT2D eigenvalue weighted by Crippen LogP contribution is 2.11. The summed E-state index contributed by atoms with van der Waals surface area (Å²) >= 11 is 5.76. The Hall–Kier alpha value is -1.81. The minimum atomic E-state index is -0.138. The number of benzene rings is 1. The average molecular weight is 251 g/mol. The lowest BCUT2D eigenvalue weighted by atomic mass is 10.1. The molecule has 0 aliphatic carbocycles. The predicted molar refractivity (Wildman–Crippen MR) is 65.0 cm³/mol. The fraction of sp³-hybridized carbons (Fsp3) is 0.167. The van der Waals surface area contributed by atoms with Crippen molar-refractivity contribution < 1.29 is 9.32 Å². The molecule has 0 saturated carbocycles. The zero-order chi connectivity index (χ0) is 12.3. The van der Waals surface area contributed by atoms with Crippen LogP contribution in [-0.2, 0) is 11.2 Å². The highest BCUT2D eigenvalue weighted by Gasteiger charge is 2.06. The molecular weight excluding hydrogens is 240 g/mol. The van der Waals surface area contributed by atoms with Gasteiger partial charge < -0.3 is 9.84 Å². The Morgan fingerprint density at radius 1 is 1.41 bits per heavy atom. The predicted octanol–water partition coefficient (Wildman–Crippen LogP) is 2.82. The summed E-state index contributed by atoms with van der Waals surface area (Å²) in [5, 5.41) is 6.99. The number of aromatic nitrogens is 1. The summed E-state index contributed by atoms with van der Waals surface area (Å²) in [6.07, 6.45) is 0.281. The van der Waals surface area contributed by atoms with Gasteiger partial charge in [0.2, 0.25) is 5.91 Å². The number of carbonyl (C=O) groups excluding carboxylic acids is 1. The van der Waals surface area contributed by atoms with Crippen LogP contribution in [0.4, 0.5) is 5.82 Å². The SMILES string of the molecule is Cc1cc(NC(=O)Cc2ccc(Cl)cc2)no1. The summed E-state index contributed by atoms with van der Waals surface area (Å²) in [6.45, 7) is 1.77. The monoisotopic (exact) mass is 250 g/mol. The first-order valence-corrected chi connectivity index (χ1v) is 5.49. The van der Waals surface area contributed by atoms with Crippen LogP contribution in [-0.4, -0.2) is 11.1 Å². The van der Waals surface area contributed by atoms with E-state index in [1.165, 1.54) is 0 Å². The molecule has 1 heterocycles. The zero-order valence-corrected chi connectivity index (χ0v) is 9.99. The molecule has 0 spiro atoms. The van der Waals surface area contributed by atoms with Crippen LogP contribution in [0.25, 0.3) is 0 Å². The van der Waals surface area contributed by atoms with Crippen molar-refractivity contribution in [1.82, 2.24) is 5.16 Å². The maximum Gasteiger partial charge on any atom is 0.230 e. The number of aryl methyl sites for hydroxylation is 1. The van der Waals surface area contributed by atoms with Gasteiger partial charge >= 0.3 is 0 Å². The molecule has 0 aliphatic heterocycles. The summed E-state index contributed by atoms with van der Waals surface area (Å²) in [5.41, 5.74) is 0.895. The van der Waals surface area contributed by atoms with E-state index in [2.05, 4.69) is 10.5 Å². The molecule has 0 saturated heterocycles. The maximum absolute atomic E-state index is 11.7. The van der Waals surface area contributed by atoms with Gasteiger partial charge in [0, 0.05) is 11.1 Å². The topological polar surface area (TPSA) is 55.1 Å². The molecule has 2 rings (SSSR count). The summed E-state index contributed by atoms with van der Waals surface area (Å²) in [6, 6.07) is 8.81. The van der Waals surface area contributed by atoms with Crippen LogP contribution in [0.2, 0.25) is 5.02 Å². The minimum Gasteiger partial charge on any atom is -0.360 e. The van der Waals surface area contributed by atoms with Gasteiger partial charge in [0.15, 0.2) is 5.82 Å². The molecule has 1 aromatic carbocycles. The lowest BCUT2D eigenvalue weighted by Gasteiger charge is -2.01. The van der Waals surface area contributed by atoms with Crippen LogP contribution < -0.4 is 5.32 Å². The van der Waals surface area contributed by atoms with Gasteiger partial charge in [0.05, 0.1) is 6.42 Å². The summed E-state index contributed by atoms with van der Waals surface area (Å²) in [7, 11) is 0. The molecule has 1 aromatic heterocycles. The molecule has 2 aromatic rings. The van der Waals surface area contributed by atoms with Crippen molar-refractivity contribution in [1.29, 1.82) is 0 Å². The molecule has 0 radical (unpaired) electrons. The van der Waals surface area contributed by atoms with E-state index in [4.69, 9.17) is 16.1 Å². The Balaban J connectivity index is 1.95. The Kier molecular flexibility index (Phi) is 3.44. The zero-order valence-electron chi connectivity index (χ0n) is 9.24. The van der Waals surface area contributed by atoms with E-state index in [0.29, 0.717) is 16.6 Å². The van der Waals surface area contributed by atoms with E-state index in [1.54, 1.807) is 25.1 Å². The normalized spacial score (nSPS) is 10.2. The van der Waals surface area contributed by atoms with E-state index in [0.717, 1.165) is 5.56 Å². The van der Waals surface area contributed by atoms with E-state index < -0.39 is 0 Å². The first kappa shape index (κ1) is 11.7. The maximum atomic E-state index is 11.7. The van der Waals surface area contributed by atoms with Crippen molar-refractivity contribution in [3.8, 4) is 0 Å². The molecular formula is C12H11ClN2O2. The Morgan fingerprint density at radius 2 is 2.12 bits per heavy atom. The van der Waals surface area contributed by atoms with Gasteiger partial charge in [-0.2, -0.15) is 0 Å². The standard InChI is InChI=1S/C12H11ClN2O2/c1-8-6-11(15-17-8)14-12(16)7-9-2-4-10(13)5-3-9/h2-6H,7H2,1H3,(H,14,15,16). The fourth-order valence-electron chi connectivity index (χ4n) is 1.40. The molecule has 5 heteroatoms. The number of hydrogen-bond acceptors (Lipinski definition) is 3. The van der Waals surface area contributed by atoms with Crippen LogP contribution in [0.15, 0.2) is 34.9 Å². The summed E-state index contributed by atoms with van der Waals surface area (Å²) < 4.78 is 4.85. The molecule has 4 nitrogen and oxygen atoms in total. The Labute approximate surface area is 104 Å². The highest BCUT2D eigenvalue weighted by molar-refractivity contribution is 6.30. The van der Waals surface area contributed by atoms with Crippen LogP contribution >= 0.6 is 11.6 Å². The van der Waals surface area contributed by atoms with Crippen molar-refractivity contribution in [3.63, 3.8) is 0 Å². The second kappa shape index (κ2) is 5.01. The molecule has 88 valence electrons. The second-order valence-electron chi connectivity index (χ2n) is 3.67. The summed E-state index contributed by atoms with van der Waals surface area (Å²) in [4.78, 5) is 11.7. The lowest BCUT2D eigenvalue weighted by Crippen LogP contribution is -2.14. The van der Waals surface area contributed by atoms with E-state index in [-0.39, 0.29) is 12.3 Å². The number of nitrogens with zero attached hydrogens (tertiary/aromatic N) is 1. The fourth-order valence-corrected chi connectivity index (χ4v) is 1.53. The molecule has 0 unspecified atom stereocenters. The van der Waals surface area contributed by atoms with Gasteiger partial charge in [0.1, 0.15) is 5.76 Å². The molecule has 0 aliphatic rings. The minimum absolute atomic E-state index is 0.138. The molecule has 0 fully saturated rings. The number of anilines is 1. The smallest absolute Gasteiger partial charge is 0.230 e. The van der Waals surface area contributed by atoms with Gasteiger partial charge in [0.25, 0.3) is 0 Å². The first-order chi connectivity index (χ1) is 8.13. The number of carbonyl (C=O) groups is 1. The van der Waals surface area contributed by atoms with E-state index in [9.17, 15) is 4.79 Å². The van der Waals surface area contributed by atoms with Gasteiger partial charge in [-0.05, 0) is 24.6 Å². The van der Waals surface area contributed by atoms with E-state index >= 15 is 0 Å². The average Bonchev–Trinajstić information content (AvgIpc) is 2.67.